The number of ether oxygens (including phenoxy) is 5. The monoisotopic (exact) mass is 435 g/mol. The number of aliphatic hydroxyl groups is 2. The molecule has 0 aliphatic carbocycles. The molecular weight excluding hydrogens is 390 g/mol. The van der Waals surface area contributed by atoms with Gasteiger partial charge < -0.3 is 33.9 Å². The predicted molar refractivity (Wildman–Crippen MR) is 116 cm³/mol. The van der Waals surface area contributed by atoms with Crippen LogP contribution in [0.25, 0.3) is 0 Å². The maximum atomic E-state index is 10.3. The number of aliphatic hydroxyl groups excluding tert-OH is 2. The Balaban J connectivity index is 2.39. The second-order valence-corrected chi connectivity index (χ2v) is 7.82. The molecule has 2 unspecified atom stereocenters. The molecule has 1 aliphatic rings. The van der Waals surface area contributed by atoms with E-state index in [1.165, 1.54) is 32.1 Å². The number of hydrogen-bond donors (Lipinski definition) is 2. The van der Waals surface area contributed by atoms with Crippen LogP contribution in [-0.4, -0.2) is 113 Å². The smallest absolute Gasteiger partial charge is 0.0900 e. The Morgan fingerprint density at radius 2 is 1.00 bits per heavy atom. The third-order valence-electron chi connectivity index (χ3n) is 4.87. The molecular formula is C22H45NO7. The molecule has 1 saturated heterocycles. The lowest BCUT2D eigenvalue weighted by Gasteiger charge is -2.27. The van der Waals surface area contributed by atoms with E-state index < -0.39 is 12.2 Å². The molecule has 0 saturated carbocycles. The van der Waals surface area contributed by atoms with Crippen molar-refractivity contribution in [2.24, 2.45) is 0 Å². The largest absolute Gasteiger partial charge is 0.389 e. The van der Waals surface area contributed by atoms with E-state index in [1.807, 2.05) is 0 Å². The van der Waals surface area contributed by atoms with Crippen molar-refractivity contribution in [2.45, 2.75) is 57.7 Å². The minimum absolute atomic E-state index is 0.261. The van der Waals surface area contributed by atoms with E-state index in [4.69, 9.17) is 23.7 Å². The van der Waals surface area contributed by atoms with Crippen molar-refractivity contribution in [3.05, 3.63) is 0 Å². The van der Waals surface area contributed by atoms with Gasteiger partial charge in [0.2, 0.25) is 0 Å². The first kappa shape index (κ1) is 27.7. The Morgan fingerprint density at radius 3 is 1.47 bits per heavy atom. The summed E-state index contributed by atoms with van der Waals surface area (Å²) in [5.74, 6) is 0. The highest BCUT2D eigenvalue weighted by Crippen LogP contribution is 2.07. The van der Waals surface area contributed by atoms with Gasteiger partial charge in [0, 0.05) is 13.1 Å². The van der Waals surface area contributed by atoms with Crippen LogP contribution in [0.3, 0.4) is 0 Å². The quantitative estimate of drug-likeness (QED) is 0.581. The van der Waals surface area contributed by atoms with Gasteiger partial charge in [-0.2, -0.15) is 0 Å². The van der Waals surface area contributed by atoms with Crippen molar-refractivity contribution < 1.29 is 33.9 Å². The molecule has 1 aliphatic heterocycles. The van der Waals surface area contributed by atoms with Crippen molar-refractivity contribution in [3.8, 4) is 0 Å². The molecule has 0 amide bonds. The molecule has 0 aromatic carbocycles. The van der Waals surface area contributed by atoms with Gasteiger partial charge in [-0.05, 0) is 13.0 Å². The molecule has 0 bridgehead atoms. The first-order chi connectivity index (χ1) is 14.7. The summed E-state index contributed by atoms with van der Waals surface area (Å²) in [5.41, 5.74) is 0. The van der Waals surface area contributed by atoms with Crippen molar-refractivity contribution in [1.29, 1.82) is 0 Å². The maximum absolute atomic E-state index is 10.3. The lowest BCUT2D eigenvalue weighted by Crippen LogP contribution is -2.41. The van der Waals surface area contributed by atoms with Gasteiger partial charge in [0.1, 0.15) is 0 Å². The van der Waals surface area contributed by atoms with Crippen LogP contribution in [0.4, 0.5) is 0 Å². The Labute approximate surface area is 182 Å². The van der Waals surface area contributed by atoms with E-state index in [-0.39, 0.29) is 13.2 Å². The van der Waals surface area contributed by atoms with Crippen molar-refractivity contribution in [1.82, 2.24) is 4.90 Å². The van der Waals surface area contributed by atoms with E-state index in [9.17, 15) is 10.2 Å². The molecule has 0 spiro atoms. The maximum Gasteiger partial charge on any atom is 0.0900 e. The van der Waals surface area contributed by atoms with Crippen LogP contribution < -0.4 is 0 Å². The summed E-state index contributed by atoms with van der Waals surface area (Å²) >= 11 is 0. The van der Waals surface area contributed by atoms with E-state index >= 15 is 0 Å². The summed E-state index contributed by atoms with van der Waals surface area (Å²) in [7, 11) is 0. The van der Waals surface area contributed by atoms with E-state index in [0.29, 0.717) is 65.9 Å². The van der Waals surface area contributed by atoms with Crippen molar-refractivity contribution >= 4 is 0 Å². The number of unbranched alkanes of at least 4 members (excludes halogenated alkanes) is 5. The number of hydrogen-bond acceptors (Lipinski definition) is 8. The normalized spacial score (nSPS) is 25.7. The number of rotatable bonds is 7. The molecule has 1 rings (SSSR count). The summed E-state index contributed by atoms with van der Waals surface area (Å²) in [6.45, 7) is 8.43. The van der Waals surface area contributed by atoms with Crippen LogP contribution >= 0.6 is 0 Å². The molecule has 1 heterocycles. The van der Waals surface area contributed by atoms with Crippen LogP contribution in [0.5, 0.6) is 0 Å². The summed E-state index contributed by atoms with van der Waals surface area (Å²) in [5, 5.41) is 20.7. The molecule has 1 fully saturated rings. The van der Waals surface area contributed by atoms with Gasteiger partial charge in [0.25, 0.3) is 0 Å². The van der Waals surface area contributed by atoms with E-state index in [1.54, 1.807) is 0 Å². The molecule has 30 heavy (non-hydrogen) atoms. The molecule has 0 aromatic rings. The molecule has 8 heteroatoms. The minimum Gasteiger partial charge on any atom is -0.389 e. The standard InChI is InChI=1S/C22H45NO7/c1-2-3-4-5-6-7-8-23-17-21(24)19-29-15-13-27-11-9-26-10-12-28-14-16-30-20-22(25)18-23/h21-22,24-25H,2-20H2,1H3. The van der Waals surface area contributed by atoms with E-state index in [0.717, 1.165) is 13.0 Å². The third kappa shape index (κ3) is 17.4. The molecule has 0 radical (unpaired) electrons. The Kier molecular flexibility index (Phi) is 19.0. The highest BCUT2D eigenvalue weighted by Gasteiger charge is 2.16. The third-order valence-corrected chi connectivity index (χ3v) is 4.87. The first-order valence-corrected chi connectivity index (χ1v) is 11.7. The SMILES string of the molecule is CCCCCCCCN1CC(O)COCCOCCOCCOCCOCC(O)C1. The van der Waals surface area contributed by atoms with Gasteiger partial charge in [-0.1, -0.05) is 39.0 Å². The fourth-order valence-electron chi connectivity index (χ4n) is 3.29. The average molecular weight is 436 g/mol. The topological polar surface area (TPSA) is 89.9 Å². The van der Waals surface area contributed by atoms with Gasteiger partial charge in [-0.15, -0.1) is 0 Å². The second-order valence-electron chi connectivity index (χ2n) is 7.82. The molecule has 180 valence electrons. The van der Waals surface area contributed by atoms with Gasteiger partial charge >= 0.3 is 0 Å². The highest BCUT2D eigenvalue weighted by molar-refractivity contribution is 4.69. The minimum atomic E-state index is -0.597. The lowest BCUT2D eigenvalue weighted by molar-refractivity contribution is -0.0417. The van der Waals surface area contributed by atoms with Crippen LogP contribution in [0, 0.1) is 0 Å². The van der Waals surface area contributed by atoms with Gasteiger partial charge in [-0.25, -0.2) is 0 Å². The number of β-amino-alcohol motifs (C(OH)–C–C–N with tert-alkyl or cyclic N) is 2. The van der Waals surface area contributed by atoms with Crippen LogP contribution in [0.1, 0.15) is 45.4 Å². The Bertz CT molecular complexity index is 338. The zero-order valence-corrected chi connectivity index (χ0v) is 19.0. The summed E-state index contributed by atoms with van der Waals surface area (Å²) in [6, 6.07) is 0. The van der Waals surface area contributed by atoms with Crippen LogP contribution in [-0.2, 0) is 23.7 Å². The molecule has 8 nitrogen and oxygen atoms in total. The molecule has 0 aromatic heterocycles. The summed E-state index contributed by atoms with van der Waals surface area (Å²) in [6.07, 6.45) is 6.10. The summed E-state index contributed by atoms with van der Waals surface area (Å²) in [4.78, 5) is 2.12. The first-order valence-electron chi connectivity index (χ1n) is 11.7. The zero-order valence-electron chi connectivity index (χ0n) is 19.0. The van der Waals surface area contributed by atoms with Crippen molar-refractivity contribution in [2.75, 3.05) is 85.7 Å². The Hall–Kier alpha value is -0.320. The highest BCUT2D eigenvalue weighted by atomic mass is 16.6. The van der Waals surface area contributed by atoms with Crippen molar-refractivity contribution in [3.63, 3.8) is 0 Å². The number of nitrogens with zero attached hydrogens (tertiary/aromatic N) is 1. The van der Waals surface area contributed by atoms with Gasteiger partial charge in [0.15, 0.2) is 0 Å². The fraction of sp³-hybridized carbons (Fsp3) is 1.00. The molecule has 2 N–H and O–H groups in total. The predicted octanol–water partition coefficient (Wildman–Crippen LogP) is 1.47. The average Bonchev–Trinajstić information content (AvgIpc) is 2.72. The Morgan fingerprint density at radius 1 is 0.600 bits per heavy atom. The van der Waals surface area contributed by atoms with Gasteiger partial charge in [-0.3, -0.25) is 4.90 Å². The van der Waals surface area contributed by atoms with Crippen LogP contribution in [0.2, 0.25) is 0 Å². The molecule has 2 atom stereocenters. The fourth-order valence-corrected chi connectivity index (χ4v) is 3.29. The van der Waals surface area contributed by atoms with E-state index in [2.05, 4.69) is 11.8 Å². The van der Waals surface area contributed by atoms with Gasteiger partial charge in [0.05, 0.1) is 78.3 Å². The van der Waals surface area contributed by atoms with Crippen LogP contribution in [0.15, 0.2) is 0 Å². The zero-order chi connectivity index (χ0) is 21.7. The lowest BCUT2D eigenvalue weighted by atomic mass is 10.1. The summed E-state index contributed by atoms with van der Waals surface area (Å²) < 4.78 is 27.3. The second kappa shape index (κ2) is 20.6.